The number of carbonyl (C=O) groups is 3. The molecule has 1 fully saturated rings. The van der Waals surface area contributed by atoms with Crippen LogP contribution in [0.1, 0.15) is 71.6 Å². The minimum atomic E-state index is -3.39. The van der Waals surface area contributed by atoms with Crippen molar-refractivity contribution in [3.8, 4) is 5.75 Å². The van der Waals surface area contributed by atoms with Gasteiger partial charge >= 0.3 is 0 Å². The van der Waals surface area contributed by atoms with E-state index in [1.165, 1.54) is 12.1 Å². The van der Waals surface area contributed by atoms with Crippen LogP contribution in [0.15, 0.2) is 29.2 Å². The zero-order valence-corrected chi connectivity index (χ0v) is 24.3. The van der Waals surface area contributed by atoms with E-state index in [2.05, 4.69) is 17.6 Å². The number of likely N-dealkylation sites (tertiary alicyclic amines) is 1. The molecule has 220 valence electrons. The van der Waals surface area contributed by atoms with E-state index >= 15 is 0 Å². The molecule has 0 aromatic heterocycles. The number of hydrogen-bond acceptors (Lipinski definition) is 8. The highest BCUT2D eigenvalue weighted by molar-refractivity contribution is 7.90. The van der Waals surface area contributed by atoms with Crippen LogP contribution in [-0.2, 0) is 24.2 Å². The Balaban J connectivity index is 1.95. The number of aldehydes is 1. The van der Waals surface area contributed by atoms with E-state index in [1.54, 1.807) is 17.0 Å². The summed E-state index contributed by atoms with van der Waals surface area (Å²) in [7, 11) is -3.39. The fourth-order valence-corrected chi connectivity index (χ4v) is 5.69. The van der Waals surface area contributed by atoms with Gasteiger partial charge in [-0.3, -0.25) is 9.59 Å². The van der Waals surface area contributed by atoms with Crippen molar-refractivity contribution >= 4 is 28.4 Å². The second-order valence-electron chi connectivity index (χ2n) is 10.6. The van der Waals surface area contributed by atoms with Crippen LogP contribution in [0, 0.1) is 0 Å². The van der Waals surface area contributed by atoms with Crippen molar-refractivity contribution < 1.29 is 27.5 Å². The number of benzene rings is 1. The molecule has 0 saturated carbocycles. The Morgan fingerprint density at radius 2 is 2.00 bits per heavy atom. The minimum Gasteiger partial charge on any atom is -0.491 e. The van der Waals surface area contributed by atoms with Crippen molar-refractivity contribution in [1.82, 2.24) is 15.5 Å². The molecule has 5 unspecified atom stereocenters. The molecule has 1 saturated heterocycles. The molecule has 0 radical (unpaired) electrons. The van der Waals surface area contributed by atoms with E-state index in [0.717, 1.165) is 64.0 Å². The van der Waals surface area contributed by atoms with E-state index in [4.69, 9.17) is 10.5 Å². The van der Waals surface area contributed by atoms with Crippen molar-refractivity contribution in [2.24, 2.45) is 5.73 Å². The van der Waals surface area contributed by atoms with Gasteiger partial charge in [0, 0.05) is 30.8 Å². The summed E-state index contributed by atoms with van der Waals surface area (Å²) in [5, 5.41) is 6.53. The highest BCUT2D eigenvalue weighted by Crippen LogP contribution is 2.25. The molecule has 0 aliphatic carbocycles. The third-order valence-corrected chi connectivity index (χ3v) is 8.23. The molecular weight excluding hydrogens is 520 g/mol. The molecule has 1 aliphatic heterocycles. The molecule has 2 amide bonds. The number of amides is 2. The van der Waals surface area contributed by atoms with Gasteiger partial charge in [-0.15, -0.1) is 0 Å². The van der Waals surface area contributed by atoms with Gasteiger partial charge in [-0.25, -0.2) is 8.42 Å². The third-order valence-electron chi connectivity index (χ3n) is 7.12. The fourth-order valence-electron chi connectivity index (χ4n) is 5.03. The molecule has 5 atom stereocenters. The number of unbranched alkanes of at least 4 members (excludes halogenated alkanes) is 1. The SMILES string of the molecule is CCCCC(CC(C)N)NCCC1CCC(C(=O)NC(CCC=O)COc2cccc(S(C)(=O)=O)c2)N1C=O. The van der Waals surface area contributed by atoms with Crippen molar-refractivity contribution in [2.75, 3.05) is 19.4 Å². The van der Waals surface area contributed by atoms with Crippen LogP contribution in [0.4, 0.5) is 0 Å². The Bertz CT molecular complexity index is 1020. The third kappa shape index (κ3) is 11.3. The average Bonchev–Trinajstić information content (AvgIpc) is 3.31. The standard InChI is InChI=1S/C28H46N4O6S/c1-4-5-8-22(17-21(2)29)30-15-14-24-12-13-27(32(24)20-34)28(35)31-23(9-7-16-33)19-38-25-10-6-11-26(18-25)39(3,36)37/h6,10-11,16,18,20-24,27,30H,4-5,7-9,12-15,17,19,29H2,1-3H3,(H,31,35). The first-order chi connectivity index (χ1) is 18.6. The second-order valence-corrected chi connectivity index (χ2v) is 12.6. The van der Waals surface area contributed by atoms with E-state index in [9.17, 15) is 22.8 Å². The summed E-state index contributed by atoms with van der Waals surface area (Å²) in [6.07, 6.45) is 9.51. The highest BCUT2D eigenvalue weighted by Gasteiger charge is 2.37. The molecule has 39 heavy (non-hydrogen) atoms. The lowest BCUT2D eigenvalue weighted by molar-refractivity contribution is -0.133. The maximum atomic E-state index is 13.2. The van der Waals surface area contributed by atoms with Crippen LogP contribution in [0.25, 0.3) is 0 Å². The van der Waals surface area contributed by atoms with Gasteiger partial charge in [-0.1, -0.05) is 25.8 Å². The van der Waals surface area contributed by atoms with Gasteiger partial charge in [0.15, 0.2) is 9.84 Å². The second kappa shape index (κ2) is 16.6. The number of nitrogens with one attached hydrogen (secondary N) is 2. The molecule has 0 bridgehead atoms. The van der Waals surface area contributed by atoms with Crippen molar-refractivity contribution in [3.63, 3.8) is 0 Å². The number of rotatable bonds is 19. The predicted molar refractivity (Wildman–Crippen MR) is 151 cm³/mol. The average molecular weight is 567 g/mol. The van der Waals surface area contributed by atoms with Gasteiger partial charge in [0.25, 0.3) is 0 Å². The van der Waals surface area contributed by atoms with Crippen molar-refractivity contribution in [2.45, 2.75) is 107 Å². The molecule has 1 aromatic carbocycles. The first kappa shape index (κ1) is 32.7. The Kier molecular flexibility index (Phi) is 13.9. The Labute approximate surface area is 233 Å². The van der Waals surface area contributed by atoms with E-state index in [-0.39, 0.29) is 35.9 Å². The Hall–Kier alpha value is -2.50. The van der Waals surface area contributed by atoms with Crippen LogP contribution in [0.5, 0.6) is 5.75 Å². The lowest BCUT2D eigenvalue weighted by atomic mass is 10.0. The molecule has 10 nitrogen and oxygen atoms in total. The number of ether oxygens (including phenoxy) is 1. The Morgan fingerprint density at radius 3 is 2.64 bits per heavy atom. The first-order valence-corrected chi connectivity index (χ1v) is 15.9. The molecule has 11 heteroatoms. The zero-order chi connectivity index (χ0) is 28.8. The van der Waals surface area contributed by atoms with Crippen LogP contribution >= 0.6 is 0 Å². The molecule has 1 aromatic rings. The maximum Gasteiger partial charge on any atom is 0.243 e. The molecule has 4 N–H and O–H groups in total. The molecule has 1 heterocycles. The van der Waals surface area contributed by atoms with Gasteiger partial charge < -0.3 is 30.8 Å². The van der Waals surface area contributed by atoms with E-state index < -0.39 is 21.9 Å². The van der Waals surface area contributed by atoms with Crippen LogP contribution in [0.3, 0.4) is 0 Å². The van der Waals surface area contributed by atoms with Crippen LogP contribution in [0.2, 0.25) is 0 Å². The van der Waals surface area contributed by atoms with Crippen LogP contribution in [-0.4, -0.2) is 81.5 Å². The van der Waals surface area contributed by atoms with Gasteiger partial charge in [0.05, 0.1) is 10.9 Å². The summed E-state index contributed by atoms with van der Waals surface area (Å²) in [5.74, 6) is 0.0761. The predicted octanol–water partition coefficient (Wildman–Crippen LogP) is 2.20. The van der Waals surface area contributed by atoms with Gasteiger partial charge in [0.2, 0.25) is 12.3 Å². The highest BCUT2D eigenvalue weighted by atomic mass is 32.2. The summed E-state index contributed by atoms with van der Waals surface area (Å²) in [6.45, 7) is 4.98. The lowest BCUT2D eigenvalue weighted by Gasteiger charge is -2.28. The lowest BCUT2D eigenvalue weighted by Crippen LogP contribution is -2.50. The summed E-state index contributed by atoms with van der Waals surface area (Å²) >= 11 is 0. The smallest absolute Gasteiger partial charge is 0.243 e. The summed E-state index contributed by atoms with van der Waals surface area (Å²) in [5.41, 5.74) is 6.01. The first-order valence-electron chi connectivity index (χ1n) is 14.0. The summed E-state index contributed by atoms with van der Waals surface area (Å²) in [6, 6.07) is 5.50. The van der Waals surface area contributed by atoms with E-state index in [0.29, 0.717) is 24.6 Å². The number of carbonyl (C=O) groups excluding carboxylic acids is 3. The van der Waals surface area contributed by atoms with Crippen molar-refractivity contribution in [1.29, 1.82) is 0 Å². The molecule has 0 spiro atoms. The van der Waals surface area contributed by atoms with Gasteiger partial charge in [-0.2, -0.15) is 0 Å². The molecule has 2 rings (SSSR count). The number of nitrogens with two attached hydrogens (primary N) is 1. The van der Waals surface area contributed by atoms with Gasteiger partial charge in [-0.05, 0) is 70.2 Å². The quantitative estimate of drug-likeness (QED) is 0.216. The van der Waals surface area contributed by atoms with Crippen molar-refractivity contribution in [3.05, 3.63) is 24.3 Å². The summed E-state index contributed by atoms with van der Waals surface area (Å²) in [4.78, 5) is 37.9. The maximum absolute atomic E-state index is 13.2. The monoisotopic (exact) mass is 566 g/mol. The van der Waals surface area contributed by atoms with E-state index in [1.807, 2.05) is 6.92 Å². The number of sulfone groups is 1. The number of hydrogen-bond donors (Lipinski definition) is 3. The topological polar surface area (TPSA) is 148 Å². The van der Waals surface area contributed by atoms with Gasteiger partial charge in [0.1, 0.15) is 24.7 Å². The van der Waals surface area contributed by atoms with Crippen LogP contribution < -0.4 is 21.1 Å². The molecule has 1 aliphatic rings. The fraction of sp³-hybridized carbons (Fsp3) is 0.679. The largest absolute Gasteiger partial charge is 0.491 e. The minimum absolute atomic E-state index is 0.0312. The normalized spacial score (nSPS) is 19.7. The molecular formula is C28H46N4O6S. The number of nitrogens with zero attached hydrogens (tertiary/aromatic N) is 1. The zero-order valence-electron chi connectivity index (χ0n) is 23.5. The Morgan fingerprint density at radius 1 is 1.23 bits per heavy atom. The summed E-state index contributed by atoms with van der Waals surface area (Å²) < 4.78 is 29.4.